The molecule has 164 valence electrons. The summed E-state index contributed by atoms with van der Waals surface area (Å²) in [5.74, 6) is 2.12. The molecule has 2 heterocycles. The maximum absolute atomic E-state index is 4.18. The standard InChI is InChI=1S/2C11H12N2.C5H12/c2*1-10-12-7-8-13(10)9-11-5-3-2-4-6-11;1-3-5-4-2/h2*2-8H,9H2,1H3;3-5H2,1-2H3. The molecule has 0 aliphatic carbocycles. The fourth-order valence-corrected chi connectivity index (χ4v) is 3.06. The number of hydrogen-bond acceptors (Lipinski definition) is 2. The zero-order valence-corrected chi connectivity index (χ0v) is 19.4. The van der Waals surface area contributed by atoms with Crippen LogP contribution in [0.25, 0.3) is 0 Å². The van der Waals surface area contributed by atoms with Crippen LogP contribution >= 0.6 is 0 Å². The molecule has 31 heavy (non-hydrogen) atoms. The molecule has 0 saturated carbocycles. The van der Waals surface area contributed by atoms with Crippen molar-refractivity contribution in [1.82, 2.24) is 19.1 Å². The van der Waals surface area contributed by atoms with E-state index in [-0.39, 0.29) is 0 Å². The van der Waals surface area contributed by atoms with E-state index in [0.29, 0.717) is 0 Å². The zero-order valence-electron chi connectivity index (χ0n) is 19.4. The SMILES string of the molecule is CCCCC.Cc1nccn1Cc1ccccc1.Cc1nccn1Cc1ccccc1. The molecular formula is C27H36N4. The number of imidazole rings is 2. The van der Waals surface area contributed by atoms with Gasteiger partial charge in [0.05, 0.1) is 0 Å². The smallest absolute Gasteiger partial charge is 0.105 e. The summed E-state index contributed by atoms with van der Waals surface area (Å²) in [6.07, 6.45) is 11.7. The van der Waals surface area contributed by atoms with Gasteiger partial charge in [-0.1, -0.05) is 93.8 Å². The fourth-order valence-electron chi connectivity index (χ4n) is 3.06. The van der Waals surface area contributed by atoms with Gasteiger partial charge in [0.2, 0.25) is 0 Å². The third kappa shape index (κ3) is 9.04. The minimum absolute atomic E-state index is 0.909. The van der Waals surface area contributed by atoms with E-state index in [2.05, 4.69) is 81.5 Å². The van der Waals surface area contributed by atoms with Crippen molar-refractivity contribution in [2.45, 2.75) is 60.0 Å². The van der Waals surface area contributed by atoms with E-state index in [9.17, 15) is 0 Å². The molecule has 0 fully saturated rings. The summed E-state index contributed by atoms with van der Waals surface area (Å²) >= 11 is 0. The lowest BCUT2D eigenvalue weighted by Crippen LogP contribution is -1.99. The van der Waals surface area contributed by atoms with Gasteiger partial charge in [-0.3, -0.25) is 0 Å². The largest absolute Gasteiger partial charge is 0.331 e. The molecule has 0 aliphatic rings. The van der Waals surface area contributed by atoms with Gasteiger partial charge in [0.25, 0.3) is 0 Å². The molecule has 0 radical (unpaired) electrons. The molecule has 0 unspecified atom stereocenters. The monoisotopic (exact) mass is 416 g/mol. The van der Waals surface area contributed by atoms with E-state index >= 15 is 0 Å². The Morgan fingerprint density at radius 3 is 1.26 bits per heavy atom. The highest BCUT2D eigenvalue weighted by Gasteiger charge is 1.97. The van der Waals surface area contributed by atoms with E-state index in [1.807, 2.05) is 50.8 Å². The molecule has 4 rings (SSSR count). The first-order chi connectivity index (χ1) is 15.1. The molecule has 0 aliphatic heterocycles. The van der Waals surface area contributed by atoms with Crippen molar-refractivity contribution in [3.8, 4) is 0 Å². The van der Waals surface area contributed by atoms with Crippen LogP contribution in [-0.4, -0.2) is 19.1 Å². The van der Waals surface area contributed by atoms with Crippen LogP contribution in [0.5, 0.6) is 0 Å². The highest BCUT2D eigenvalue weighted by molar-refractivity contribution is 5.16. The maximum atomic E-state index is 4.18. The number of aryl methyl sites for hydroxylation is 2. The number of rotatable bonds is 6. The Morgan fingerprint density at radius 2 is 1.00 bits per heavy atom. The topological polar surface area (TPSA) is 35.6 Å². The first-order valence-electron chi connectivity index (χ1n) is 11.2. The van der Waals surface area contributed by atoms with Gasteiger partial charge in [-0.05, 0) is 25.0 Å². The number of aromatic nitrogens is 4. The fraction of sp³-hybridized carbons (Fsp3) is 0.333. The van der Waals surface area contributed by atoms with Gasteiger partial charge in [-0.15, -0.1) is 0 Å². The maximum Gasteiger partial charge on any atom is 0.105 e. The van der Waals surface area contributed by atoms with Gasteiger partial charge in [-0.25, -0.2) is 9.97 Å². The average Bonchev–Trinajstić information content (AvgIpc) is 3.39. The number of unbranched alkanes of at least 4 members (excludes halogenated alkanes) is 2. The summed E-state index contributed by atoms with van der Waals surface area (Å²) in [6.45, 7) is 10.3. The summed E-state index contributed by atoms with van der Waals surface area (Å²) in [4.78, 5) is 8.35. The molecule has 0 atom stereocenters. The Labute approximate surface area is 187 Å². The Kier molecular flexibility index (Phi) is 10.9. The lowest BCUT2D eigenvalue weighted by atomic mass is 10.2. The third-order valence-electron chi connectivity index (χ3n) is 4.95. The van der Waals surface area contributed by atoms with Crippen molar-refractivity contribution in [2.75, 3.05) is 0 Å². The second kappa shape index (κ2) is 14.0. The molecule has 0 bridgehead atoms. The highest BCUT2D eigenvalue weighted by atomic mass is 15.1. The summed E-state index contributed by atoms with van der Waals surface area (Å²) in [7, 11) is 0. The first kappa shape index (κ1) is 24.1. The van der Waals surface area contributed by atoms with E-state index in [1.54, 1.807) is 0 Å². The van der Waals surface area contributed by atoms with Crippen LogP contribution in [-0.2, 0) is 13.1 Å². The first-order valence-corrected chi connectivity index (χ1v) is 11.2. The number of hydrogen-bond donors (Lipinski definition) is 0. The molecule has 2 aromatic heterocycles. The van der Waals surface area contributed by atoms with Crippen LogP contribution in [0.1, 0.15) is 55.9 Å². The van der Waals surface area contributed by atoms with Crippen LogP contribution in [0.15, 0.2) is 85.5 Å². The van der Waals surface area contributed by atoms with Gasteiger partial charge in [-0.2, -0.15) is 0 Å². The highest BCUT2D eigenvalue weighted by Crippen LogP contribution is 2.05. The Hall–Kier alpha value is -3.14. The molecule has 0 spiro atoms. The molecule has 4 nitrogen and oxygen atoms in total. The molecule has 4 heteroatoms. The lowest BCUT2D eigenvalue weighted by Gasteiger charge is -2.03. The van der Waals surface area contributed by atoms with Crippen molar-refractivity contribution in [2.24, 2.45) is 0 Å². The molecule has 4 aromatic rings. The second-order valence-electron chi connectivity index (χ2n) is 7.53. The van der Waals surface area contributed by atoms with Gasteiger partial charge >= 0.3 is 0 Å². The van der Waals surface area contributed by atoms with Crippen LogP contribution < -0.4 is 0 Å². The van der Waals surface area contributed by atoms with Gasteiger partial charge < -0.3 is 9.13 Å². The molecular weight excluding hydrogens is 380 g/mol. The number of benzene rings is 2. The molecule has 0 N–H and O–H groups in total. The minimum Gasteiger partial charge on any atom is -0.331 e. The van der Waals surface area contributed by atoms with Crippen molar-refractivity contribution in [1.29, 1.82) is 0 Å². The van der Waals surface area contributed by atoms with Crippen molar-refractivity contribution >= 4 is 0 Å². The van der Waals surface area contributed by atoms with Crippen LogP contribution in [0.2, 0.25) is 0 Å². The van der Waals surface area contributed by atoms with Crippen molar-refractivity contribution in [3.63, 3.8) is 0 Å². The van der Waals surface area contributed by atoms with Crippen LogP contribution in [0.4, 0.5) is 0 Å². The molecule has 2 aromatic carbocycles. The van der Waals surface area contributed by atoms with E-state index < -0.39 is 0 Å². The zero-order chi connectivity index (χ0) is 22.3. The second-order valence-corrected chi connectivity index (χ2v) is 7.53. The molecule has 0 saturated heterocycles. The normalized spacial score (nSPS) is 9.94. The third-order valence-corrected chi connectivity index (χ3v) is 4.95. The summed E-state index contributed by atoms with van der Waals surface area (Å²) in [5.41, 5.74) is 2.62. The summed E-state index contributed by atoms with van der Waals surface area (Å²) in [5, 5.41) is 0. The van der Waals surface area contributed by atoms with Gasteiger partial charge in [0.1, 0.15) is 11.6 Å². The minimum atomic E-state index is 0.909. The Bertz CT molecular complexity index is 875. The molecule has 0 amide bonds. The lowest BCUT2D eigenvalue weighted by molar-refractivity contribution is 0.762. The van der Waals surface area contributed by atoms with Crippen LogP contribution in [0.3, 0.4) is 0 Å². The summed E-state index contributed by atoms with van der Waals surface area (Å²) < 4.78 is 4.27. The van der Waals surface area contributed by atoms with Gasteiger partial charge in [0, 0.05) is 37.9 Å². The van der Waals surface area contributed by atoms with E-state index in [4.69, 9.17) is 0 Å². The van der Waals surface area contributed by atoms with Crippen molar-refractivity contribution in [3.05, 3.63) is 108 Å². The average molecular weight is 417 g/mol. The van der Waals surface area contributed by atoms with Crippen LogP contribution in [0, 0.1) is 13.8 Å². The predicted octanol–water partition coefficient (Wildman–Crippen LogP) is 6.68. The quantitative estimate of drug-likeness (QED) is 0.351. The van der Waals surface area contributed by atoms with Gasteiger partial charge in [0.15, 0.2) is 0 Å². The van der Waals surface area contributed by atoms with E-state index in [1.165, 1.54) is 30.4 Å². The van der Waals surface area contributed by atoms with Crippen molar-refractivity contribution < 1.29 is 0 Å². The predicted molar refractivity (Wildman–Crippen MR) is 130 cm³/mol. The Morgan fingerprint density at radius 1 is 0.613 bits per heavy atom. The Balaban J connectivity index is 0.000000182. The summed E-state index contributed by atoms with van der Waals surface area (Å²) in [6, 6.07) is 20.8. The number of nitrogens with zero attached hydrogens (tertiary/aromatic N) is 4. The van der Waals surface area contributed by atoms with E-state index in [0.717, 1.165) is 24.7 Å².